The number of nitrogens with two attached hydrogens (primary N) is 1. The summed E-state index contributed by atoms with van der Waals surface area (Å²) < 4.78 is 13.2. The van der Waals surface area contributed by atoms with Gasteiger partial charge in [0, 0.05) is 31.7 Å². The van der Waals surface area contributed by atoms with Gasteiger partial charge in [0.05, 0.1) is 0 Å². The van der Waals surface area contributed by atoms with Crippen molar-refractivity contribution in [2.45, 2.75) is 19.0 Å². The topological polar surface area (TPSA) is 41.3 Å². The highest BCUT2D eigenvalue weighted by Crippen LogP contribution is 2.19. The minimum Gasteiger partial charge on any atom is -0.323 e. The second kappa shape index (κ2) is 5.12. The van der Waals surface area contributed by atoms with Crippen LogP contribution < -0.4 is 11.1 Å². The number of rotatable bonds is 2. The molecule has 3 nitrogen and oxygen atoms in total. The van der Waals surface area contributed by atoms with Gasteiger partial charge in [-0.25, -0.2) is 4.39 Å². The normalized spacial score (nSPS) is 23.6. The highest BCUT2D eigenvalue weighted by atomic mass is 19.1. The monoisotopic (exact) mass is 237 g/mol. The number of nitrogens with zero attached hydrogens (tertiary/aromatic N) is 1. The maximum Gasteiger partial charge on any atom is 0.126 e. The van der Waals surface area contributed by atoms with E-state index in [2.05, 4.69) is 17.3 Å². The van der Waals surface area contributed by atoms with Crippen LogP contribution in [0.15, 0.2) is 18.2 Å². The molecule has 0 spiro atoms. The summed E-state index contributed by atoms with van der Waals surface area (Å²) in [5.74, 6) is -0.172. The fraction of sp³-hybridized carbons (Fsp3) is 0.538. The van der Waals surface area contributed by atoms with E-state index in [4.69, 9.17) is 5.73 Å². The van der Waals surface area contributed by atoms with E-state index in [0.29, 0.717) is 5.56 Å². The molecular weight excluding hydrogens is 217 g/mol. The van der Waals surface area contributed by atoms with Gasteiger partial charge in [0.15, 0.2) is 0 Å². The van der Waals surface area contributed by atoms with Gasteiger partial charge in [0.2, 0.25) is 0 Å². The van der Waals surface area contributed by atoms with E-state index in [1.165, 1.54) is 6.07 Å². The van der Waals surface area contributed by atoms with Gasteiger partial charge in [-0.05, 0) is 31.2 Å². The van der Waals surface area contributed by atoms with Crippen molar-refractivity contribution in [2.24, 2.45) is 5.73 Å². The maximum atomic E-state index is 13.2. The molecule has 1 aliphatic rings. The molecule has 3 N–H and O–H groups in total. The third-order valence-corrected chi connectivity index (χ3v) is 3.41. The molecule has 1 aromatic carbocycles. The second-order valence-electron chi connectivity index (χ2n) is 4.86. The molecule has 0 aliphatic carbocycles. The van der Waals surface area contributed by atoms with Gasteiger partial charge in [0.25, 0.3) is 0 Å². The van der Waals surface area contributed by atoms with Gasteiger partial charge in [-0.15, -0.1) is 0 Å². The van der Waals surface area contributed by atoms with E-state index in [0.717, 1.165) is 25.2 Å². The Kier molecular flexibility index (Phi) is 3.76. The number of piperazine rings is 1. The van der Waals surface area contributed by atoms with Crippen LogP contribution in [0.4, 0.5) is 4.39 Å². The lowest BCUT2D eigenvalue weighted by atomic mass is 9.97. The van der Waals surface area contributed by atoms with E-state index in [1.54, 1.807) is 13.0 Å². The van der Waals surface area contributed by atoms with E-state index in [9.17, 15) is 4.39 Å². The zero-order chi connectivity index (χ0) is 12.4. The molecular formula is C13H20FN3. The number of nitrogens with one attached hydrogen (secondary N) is 1. The van der Waals surface area contributed by atoms with Crippen LogP contribution >= 0.6 is 0 Å². The third-order valence-electron chi connectivity index (χ3n) is 3.41. The van der Waals surface area contributed by atoms with Crippen molar-refractivity contribution < 1.29 is 4.39 Å². The molecule has 2 atom stereocenters. The van der Waals surface area contributed by atoms with Crippen molar-refractivity contribution in [2.75, 3.05) is 26.7 Å². The number of hydrogen-bond acceptors (Lipinski definition) is 3. The van der Waals surface area contributed by atoms with E-state index in [1.807, 2.05) is 6.07 Å². The fourth-order valence-corrected chi connectivity index (χ4v) is 2.28. The zero-order valence-electron chi connectivity index (χ0n) is 10.4. The number of likely N-dealkylation sites (N-methyl/N-ethyl adjacent to an activating group) is 1. The largest absolute Gasteiger partial charge is 0.323 e. The van der Waals surface area contributed by atoms with Crippen LogP contribution in [0.2, 0.25) is 0 Å². The van der Waals surface area contributed by atoms with Crippen LogP contribution in [0.1, 0.15) is 17.2 Å². The molecule has 1 aromatic rings. The van der Waals surface area contributed by atoms with Crippen LogP contribution in [-0.2, 0) is 0 Å². The van der Waals surface area contributed by atoms with Crippen LogP contribution in [0.3, 0.4) is 0 Å². The van der Waals surface area contributed by atoms with Crippen LogP contribution in [0.25, 0.3) is 0 Å². The summed E-state index contributed by atoms with van der Waals surface area (Å²) in [6.45, 7) is 4.70. The lowest BCUT2D eigenvalue weighted by Gasteiger charge is -2.34. The average Bonchev–Trinajstić information content (AvgIpc) is 2.32. The third kappa shape index (κ3) is 2.83. The first-order chi connectivity index (χ1) is 8.08. The Morgan fingerprint density at radius 2 is 2.29 bits per heavy atom. The summed E-state index contributed by atoms with van der Waals surface area (Å²) in [4.78, 5) is 2.26. The maximum absolute atomic E-state index is 13.2. The molecule has 0 bridgehead atoms. The van der Waals surface area contributed by atoms with Gasteiger partial charge in [-0.1, -0.05) is 12.1 Å². The van der Waals surface area contributed by atoms with E-state index >= 15 is 0 Å². The van der Waals surface area contributed by atoms with Gasteiger partial charge >= 0.3 is 0 Å². The minimum atomic E-state index is -0.172. The Morgan fingerprint density at radius 3 is 2.94 bits per heavy atom. The Hall–Kier alpha value is -0.970. The molecule has 0 amide bonds. The highest BCUT2D eigenvalue weighted by molar-refractivity contribution is 5.27. The average molecular weight is 237 g/mol. The summed E-state index contributed by atoms with van der Waals surface area (Å²) in [6.07, 6.45) is 0. The molecule has 2 rings (SSSR count). The number of benzene rings is 1. The molecule has 1 heterocycles. The van der Waals surface area contributed by atoms with Crippen molar-refractivity contribution in [3.8, 4) is 0 Å². The molecule has 0 radical (unpaired) electrons. The van der Waals surface area contributed by atoms with Crippen molar-refractivity contribution in [3.63, 3.8) is 0 Å². The smallest absolute Gasteiger partial charge is 0.126 e. The molecule has 2 unspecified atom stereocenters. The minimum absolute atomic E-state index is 0.0861. The number of aryl methyl sites for hydroxylation is 1. The highest BCUT2D eigenvalue weighted by Gasteiger charge is 2.24. The molecule has 1 aliphatic heterocycles. The SMILES string of the molecule is Cc1cc(C(N)C2CN(C)CCN2)ccc1F. The Labute approximate surface area is 102 Å². The molecule has 0 saturated carbocycles. The summed E-state index contributed by atoms with van der Waals surface area (Å²) in [7, 11) is 2.09. The molecule has 1 saturated heterocycles. The first kappa shape index (κ1) is 12.5. The summed E-state index contributed by atoms with van der Waals surface area (Å²) in [6, 6.07) is 5.27. The number of hydrogen-bond donors (Lipinski definition) is 2. The van der Waals surface area contributed by atoms with Gasteiger partial charge in [-0.2, -0.15) is 0 Å². The van der Waals surface area contributed by atoms with Gasteiger partial charge in [-0.3, -0.25) is 0 Å². The van der Waals surface area contributed by atoms with Crippen molar-refractivity contribution in [3.05, 3.63) is 35.1 Å². The predicted octanol–water partition coefficient (Wildman–Crippen LogP) is 1.04. The molecule has 94 valence electrons. The molecule has 17 heavy (non-hydrogen) atoms. The molecule has 4 heteroatoms. The van der Waals surface area contributed by atoms with E-state index < -0.39 is 0 Å². The van der Waals surface area contributed by atoms with Crippen molar-refractivity contribution >= 4 is 0 Å². The fourth-order valence-electron chi connectivity index (χ4n) is 2.28. The quantitative estimate of drug-likeness (QED) is 0.807. The predicted molar refractivity (Wildman–Crippen MR) is 67.4 cm³/mol. The van der Waals surface area contributed by atoms with Gasteiger partial charge in [0.1, 0.15) is 5.82 Å². The standard InChI is InChI=1S/C13H20FN3/c1-9-7-10(3-4-11(9)14)13(15)12-8-17(2)6-5-16-12/h3-4,7,12-13,16H,5-6,8,15H2,1-2H3. The lowest BCUT2D eigenvalue weighted by Crippen LogP contribution is -2.53. The zero-order valence-corrected chi connectivity index (χ0v) is 10.4. The summed E-state index contributed by atoms with van der Waals surface area (Å²) >= 11 is 0. The Morgan fingerprint density at radius 1 is 1.53 bits per heavy atom. The molecule has 1 fully saturated rings. The van der Waals surface area contributed by atoms with Crippen molar-refractivity contribution in [1.82, 2.24) is 10.2 Å². The summed E-state index contributed by atoms with van der Waals surface area (Å²) in [5.41, 5.74) is 7.89. The van der Waals surface area contributed by atoms with Crippen molar-refractivity contribution in [1.29, 1.82) is 0 Å². The van der Waals surface area contributed by atoms with Crippen LogP contribution in [0, 0.1) is 12.7 Å². The second-order valence-corrected chi connectivity index (χ2v) is 4.86. The van der Waals surface area contributed by atoms with Gasteiger partial charge < -0.3 is 16.0 Å². The Bertz CT molecular complexity index is 394. The summed E-state index contributed by atoms with van der Waals surface area (Å²) in [5, 5.41) is 3.42. The lowest BCUT2D eigenvalue weighted by molar-refractivity contribution is 0.220. The first-order valence-corrected chi connectivity index (χ1v) is 6.01. The van der Waals surface area contributed by atoms with Crippen LogP contribution in [0.5, 0.6) is 0 Å². The van der Waals surface area contributed by atoms with Crippen LogP contribution in [-0.4, -0.2) is 37.6 Å². The molecule has 0 aromatic heterocycles. The Balaban J connectivity index is 2.12. The first-order valence-electron chi connectivity index (χ1n) is 6.01. The van der Waals surface area contributed by atoms with E-state index in [-0.39, 0.29) is 17.9 Å². The number of halogens is 1.